The van der Waals surface area contributed by atoms with E-state index in [9.17, 15) is 9.59 Å². The van der Waals surface area contributed by atoms with Gasteiger partial charge in [-0.3, -0.25) is 4.79 Å². The van der Waals surface area contributed by atoms with Crippen LogP contribution in [0.15, 0.2) is 48.5 Å². The van der Waals surface area contributed by atoms with Gasteiger partial charge in [0.1, 0.15) is 5.82 Å². The molecule has 0 saturated carbocycles. The first-order valence-electron chi connectivity index (χ1n) is 7.67. The van der Waals surface area contributed by atoms with E-state index < -0.39 is 11.9 Å². The largest absolute Gasteiger partial charge is 0.465 e. The summed E-state index contributed by atoms with van der Waals surface area (Å²) in [6.45, 7) is 1.74. The summed E-state index contributed by atoms with van der Waals surface area (Å²) >= 11 is 6.00. The minimum absolute atomic E-state index is 0.00551. The number of anilines is 1. The van der Waals surface area contributed by atoms with Crippen LogP contribution >= 0.6 is 11.6 Å². The van der Waals surface area contributed by atoms with Crippen LogP contribution in [0, 0.1) is 6.92 Å². The molecule has 0 aliphatic heterocycles. The highest BCUT2D eigenvalue weighted by atomic mass is 35.5. The third kappa shape index (κ3) is 3.73. The van der Waals surface area contributed by atoms with Crippen LogP contribution in [0.1, 0.15) is 26.8 Å². The van der Waals surface area contributed by atoms with E-state index in [1.807, 2.05) is 6.07 Å². The maximum absolute atomic E-state index is 12.4. The van der Waals surface area contributed by atoms with Crippen LogP contribution in [0.5, 0.6) is 0 Å². The van der Waals surface area contributed by atoms with E-state index in [0.29, 0.717) is 27.8 Å². The number of hydrogen-bond acceptors (Lipinski definition) is 5. The number of rotatable bonds is 4. The molecule has 132 valence electrons. The summed E-state index contributed by atoms with van der Waals surface area (Å²) in [4.78, 5) is 28.2. The Kier molecular flexibility index (Phi) is 4.99. The number of aryl methyl sites for hydroxylation is 1. The van der Waals surface area contributed by atoms with Crippen molar-refractivity contribution in [2.24, 2.45) is 0 Å². The molecule has 1 aromatic heterocycles. The summed E-state index contributed by atoms with van der Waals surface area (Å²) in [7, 11) is 1.29. The Bertz CT molecular complexity index is 984. The quantitative estimate of drug-likeness (QED) is 0.712. The van der Waals surface area contributed by atoms with Crippen molar-refractivity contribution >= 4 is 29.2 Å². The van der Waals surface area contributed by atoms with Gasteiger partial charge in [-0.2, -0.15) is 0 Å². The first kappa shape index (κ1) is 17.6. The monoisotopic (exact) mass is 370 g/mol. The summed E-state index contributed by atoms with van der Waals surface area (Å²) < 4.78 is 6.20. The van der Waals surface area contributed by atoms with Gasteiger partial charge in [0.15, 0.2) is 0 Å². The van der Waals surface area contributed by atoms with Gasteiger partial charge in [0.25, 0.3) is 5.91 Å². The number of carbonyl (C=O) groups excluding carboxylic acids is 2. The molecule has 1 amide bonds. The van der Waals surface area contributed by atoms with Gasteiger partial charge < -0.3 is 10.1 Å². The van der Waals surface area contributed by atoms with Gasteiger partial charge in [0, 0.05) is 10.7 Å². The summed E-state index contributed by atoms with van der Waals surface area (Å²) in [5.41, 5.74) is 1.47. The lowest BCUT2D eigenvalue weighted by Crippen LogP contribution is -2.15. The Morgan fingerprint density at radius 2 is 1.92 bits per heavy atom. The summed E-state index contributed by atoms with van der Waals surface area (Å²) in [6.07, 6.45) is 0. The minimum atomic E-state index is -0.490. The van der Waals surface area contributed by atoms with E-state index >= 15 is 0 Å². The smallest absolute Gasteiger partial charge is 0.337 e. The number of benzene rings is 2. The Morgan fingerprint density at radius 1 is 1.15 bits per heavy atom. The van der Waals surface area contributed by atoms with E-state index in [0.717, 1.165) is 0 Å². The number of nitrogens with one attached hydrogen (secondary N) is 1. The number of hydrogen-bond donors (Lipinski definition) is 1. The number of nitrogens with zero attached hydrogens (tertiary/aromatic N) is 3. The molecule has 26 heavy (non-hydrogen) atoms. The van der Waals surface area contributed by atoms with Crippen LogP contribution in [0.4, 0.5) is 5.69 Å². The number of amides is 1. The fourth-order valence-corrected chi connectivity index (χ4v) is 2.55. The molecule has 0 aliphatic carbocycles. The van der Waals surface area contributed by atoms with Crippen LogP contribution < -0.4 is 5.32 Å². The second-order valence-corrected chi connectivity index (χ2v) is 5.84. The Labute approximate surface area is 154 Å². The summed E-state index contributed by atoms with van der Waals surface area (Å²) in [6, 6.07) is 13.5. The lowest BCUT2D eigenvalue weighted by Gasteiger charge is -2.05. The van der Waals surface area contributed by atoms with Crippen LogP contribution in [-0.2, 0) is 4.74 Å². The van der Waals surface area contributed by atoms with E-state index in [-0.39, 0.29) is 5.82 Å². The zero-order valence-corrected chi connectivity index (χ0v) is 14.8. The standard InChI is InChI=1S/C18H15ClN4O3/c1-11-20-16(22-23(11)15-8-4-6-13(19)10-15)17(24)21-14-7-3-5-12(9-14)18(25)26-2/h3-10H,1-2H3,(H,21,24). The minimum Gasteiger partial charge on any atom is -0.465 e. The van der Waals surface area contributed by atoms with Gasteiger partial charge in [0.2, 0.25) is 5.82 Å². The van der Waals surface area contributed by atoms with Gasteiger partial charge in [-0.1, -0.05) is 23.7 Å². The SMILES string of the molecule is COC(=O)c1cccc(NC(=O)c2nc(C)n(-c3cccc(Cl)c3)n2)c1. The van der Waals surface area contributed by atoms with Crippen molar-refractivity contribution < 1.29 is 14.3 Å². The zero-order chi connectivity index (χ0) is 18.7. The molecule has 0 spiro atoms. The highest BCUT2D eigenvalue weighted by Crippen LogP contribution is 2.16. The van der Waals surface area contributed by atoms with Crippen molar-refractivity contribution in [1.82, 2.24) is 14.8 Å². The van der Waals surface area contributed by atoms with Crippen molar-refractivity contribution in [1.29, 1.82) is 0 Å². The fourth-order valence-electron chi connectivity index (χ4n) is 2.37. The van der Waals surface area contributed by atoms with E-state index in [4.69, 9.17) is 11.6 Å². The Balaban J connectivity index is 1.83. The van der Waals surface area contributed by atoms with E-state index in [1.54, 1.807) is 43.3 Å². The lowest BCUT2D eigenvalue weighted by molar-refractivity contribution is 0.0600. The molecule has 0 saturated heterocycles. The van der Waals surface area contributed by atoms with Crippen LogP contribution in [0.25, 0.3) is 5.69 Å². The average Bonchev–Trinajstić information content (AvgIpc) is 3.03. The number of carbonyl (C=O) groups is 2. The molecule has 0 atom stereocenters. The van der Waals surface area contributed by atoms with Crippen LogP contribution in [0.3, 0.4) is 0 Å². The number of halogens is 1. The molecule has 2 aromatic carbocycles. The molecule has 3 aromatic rings. The molecular weight excluding hydrogens is 356 g/mol. The van der Waals surface area contributed by atoms with Crippen LogP contribution in [0.2, 0.25) is 5.02 Å². The molecule has 1 N–H and O–H groups in total. The molecular formula is C18H15ClN4O3. The van der Waals surface area contributed by atoms with E-state index in [1.165, 1.54) is 17.9 Å². The fraction of sp³-hybridized carbons (Fsp3) is 0.111. The number of esters is 1. The van der Waals surface area contributed by atoms with Gasteiger partial charge >= 0.3 is 5.97 Å². The number of methoxy groups -OCH3 is 1. The normalized spacial score (nSPS) is 10.4. The van der Waals surface area contributed by atoms with Crippen molar-refractivity contribution in [3.63, 3.8) is 0 Å². The zero-order valence-electron chi connectivity index (χ0n) is 14.1. The molecule has 0 unspecified atom stereocenters. The second kappa shape index (κ2) is 7.37. The van der Waals surface area contributed by atoms with Crippen molar-refractivity contribution in [2.45, 2.75) is 6.92 Å². The molecule has 8 heteroatoms. The van der Waals surface area contributed by atoms with Gasteiger partial charge in [0.05, 0.1) is 18.4 Å². The summed E-state index contributed by atoms with van der Waals surface area (Å²) in [5.74, 6) is -0.428. The highest BCUT2D eigenvalue weighted by molar-refractivity contribution is 6.30. The van der Waals surface area contributed by atoms with Gasteiger partial charge in [-0.05, 0) is 43.3 Å². The van der Waals surface area contributed by atoms with Crippen molar-refractivity contribution in [3.05, 3.63) is 70.8 Å². The van der Waals surface area contributed by atoms with E-state index in [2.05, 4.69) is 20.1 Å². The lowest BCUT2D eigenvalue weighted by atomic mass is 10.2. The third-order valence-corrected chi connectivity index (χ3v) is 3.80. The molecule has 3 rings (SSSR count). The molecule has 0 bridgehead atoms. The van der Waals surface area contributed by atoms with Crippen LogP contribution in [-0.4, -0.2) is 33.8 Å². The van der Waals surface area contributed by atoms with Crippen molar-refractivity contribution in [3.8, 4) is 5.69 Å². The molecule has 0 fully saturated rings. The topological polar surface area (TPSA) is 86.1 Å². The maximum atomic E-state index is 12.4. The maximum Gasteiger partial charge on any atom is 0.337 e. The Morgan fingerprint density at radius 3 is 2.65 bits per heavy atom. The Hall–Kier alpha value is -3.19. The molecule has 0 aliphatic rings. The average molecular weight is 371 g/mol. The molecule has 7 nitrogen and oxygen atoms in total. The highest BCUT2D eigenvalue weighted by Gasteiger charge is 2.16. The van der Waals surface area contributed by atoms with Gasteiger partial charge in [-0.15, -0.1) is 5.10 Å². The third-order valence-electron chi connectivity index (χ3n) is 3.57. The predicted molar refractivity (Wildman–Crippen MR) is 96.8 cm³/mol. The molecule has 0 radical (unpaired) electrons. The first-order valence-corrected chi connectivity index (χ1v) is 8.05. The first-order chi connectivity index (χ1) is 12.5. The molecule has 1 heterocycles. The predicted octanol–water partition coefficient (Wildman–Crippen LogP) is 3.27. The number of ether oxygens (including phenoxy) is 1. The second-order valence-electron chi connectivity index (χ2n) is 5.40. The summed E-state index contributed by atoms with van der Waals surface area (Å²) in [5, 5.41) is 7.46. The van der Waals surface area contributed by atoms with Crippen molar-refractivity contribution in [2.75, 3.05) is 12.4 Å². The number of aromatic nitrogens is 3. The van der Waals surface area contributed by atoms with Gasteiger partial charge in [-0.25, -0.2) is 14.5 Å².